The van der Waals surface area contributed by atoms with Gasteiger partial charge in [0.1, 0.15) is 0 Å². The summed E-state index contributed by atoms with van der Waals surface area (Å²) in [6.07, 6.45) is 3.34. The molecule has 1 aliphatic heterocycles. The molecule has 2 N–H and O–H groups in total. The fourth-order valence-electron chi connectivity index (χ4n) is 2.56. The molecule has 9 heteroatoms. The molecule has 0 amide bonds. The lowest BCUT2D eigenvalue weighted by molar-refractivity contribution is -0.384. The highest BCUT2D eigenvalue weighted by atomic mass is 127. The fraction of sp³-hybridized carbons (Fsp3) is 0.588. The van der Waals surface area contributed by atoms with Crippen LogP contribution in [0.1, 0.15) is 24.8 Å². The topological polar surface area (TPSA) is 98.0 Å². The number of nitro groups is 1. The van der Waals surface area contributed by atoms with Gasteiger partial charge in [0, 0.05) is 45.5 Å². The van der Waals surface area contributed by atoms with Crippen LogP contribution in [-0.2, 0) is 16.0 Å². The molecule has 1 aromatic carbocycles. The number of benzene rings is 1. The van der Waals surface area contributed by atoms with Crippen LogP contribution in [0.5, 0.6) is 0 Å². The number of halogens is 1. The third-order valence-corrected chi connectivity index (χ3v) is 3.89. The maximum absolute atomic E-state index is 10.8. The Balaban J connectivity index is 0.00000338. The van der Waals surface area contributed by atoms with Gasteiger partial charge >= 0.3 is 0 Å². The molecular weight excluding hydrogens is 451 g/mol. The van der Waals surface area contributed by atoms with Gasteiger partial charge in [-0.15, -0.1) is 24.0 Å². The fourth-order valence-corrected chi connectivity index (χ4v) is 2.56. The van der Waals surface area contributed by atoms with Crippen LogP contribution in [0, 0.1) is 10.1 Å². The zero-order valence-corrected chi connectivity index (χ0v) is 17.3. The lowest BCUT2D eigenvalue weighted by Crippen LogP contribution is -2.37. The summed E-state index contributed by atoms with van der Waals surface area (Å²) in [6.45, 7) is 3.40. The van der Waals surface area contributed by atoms with Crippen LogP contribution < -0.4 is 10.6 Å². The van der Waals surface area contributed by atoms with E-state index < -0.39 is 4.92 Å². The molecular formula is C17H27IN4O4. The van der Waals surface area contributed by atoms with Crippen molar-refractivity contribution in [2.24, 2.45) is 4.99 Å². The number of hydrogen-bond donors (Lipinski definition) is 2. The lowest BCUT2D eigenvalue weighted by atomic mass is 10.2. The molecule has 0 aromatic heterocycles. The SMILES string of the molecule is CN=C(NCCCOCC1CCCO1)NCc1cccc([N+](=O)[O-])c1.I. The molecule has 0 radical (unpaired) electrons. The van der Waals surface area contributed by atoms with Gasteiger partial charge in [0.15, 0.2) is 5.96 Å². The van der Waals surface area contributed by atoms with Crippen LogP contribution in [0.15, 0.2) is 29.3 Å². The van der Waals surface area contributed by atoms with Gasteiger partial charge in [-0.25, -0.2) is 0 Å². The molecule has 2 rings (SSSR count). The van der Waals surface area contributed by atoms with Crippen LogP contribution in [0.25, 0.3) is 0 Å². The second-order valence-corrected chi connectivity index (χ2v) is 5.84. The molecule has 0 bridgehead atoms. The van der Waals surface area contributed by atoms with E-state index in [1.165, 1.54) is 6.07 Å². The summed E-state index contributed by atoms with van der Waals surface area (Å²) in [5.74, 6) is 0.658. The summed E-state index contributed by atoms with van der Waals surface area (Å²) < 4.78 is 11.1. The quantitative estimate of drug-likeness (QED) is 0.141. The normalized spacial score (nSPS) is 16.8. The van der Waals surface area contributed by atoms with Crippen LogP contribution in [0.4, 0.5) is 5.69 Å². The smallest absolute Gasteiger partial charge is 0.269 e. The second-order valence-electron chi connectivity index (χ2n) is 5.84. The molecule has 1 aliphatic rings. The average molecular weight is 478 g/mol. The maximum Gasteiger partial charge on any atom is 0.269 e. The summed E-state index contributed by atoms with van der Waals surface area (Å²) >= 11 is 0. The summed E-state index contributed by atoms with van der Waals surface area (Å²) in [5.41, 5.74) is 0.919. The van der Waals surface area contributed by atoms with Gasteiger partial charge in [0.05, 0.1) is 17.6 Å². The zero-order valence-electron chi connectivity index (χ0n) is 15.0. The van der Waals surface area contributed by atoms with E-state index in [9.17, 15) is 10.1 Å². The Hall–Kier alpha value is -1.46. The van der Waals surface area contributed by atoms with Crippen molar-refractivity contribution in [2.45, 2.75) is 31.9 Å². The first-order valence-corrected chi connectivity index (χ1v) is 8.56. The number of nitro benzene ring substituents is 1. The van der Waals surface area contributed by atoms with Crippen molar-refractivity contribution in [1.82, 2.24) is 10.6 Å². The number of hydrogen-bond acceptors (Lipinski definition) is 5. The largest absolute Gasteiger partial charge is 0.379 e. The third-order valence-electron chi connectivity index (χ3n) is 3.89. The van der Waals surface area contributed by atoms with Gasteiger partial charge in [-0.2, -0.15) is 0 Å². The van der Waals surface area contributed by atoms with Gasteiger partial charge in [-0.05, 0) is 24.8 Å². The zero-order chi connectivity index (χ0) is 17.9. The van der Waals surface area contributed by atoms with Crippen molar-refractivity contribution in [3.8, 4) is 0 Å². The predicted octanol–water partition coefficient (Wildman–Crippen LogP) is 2.46. The molecule has 1 saturated heterocycles. The van der Waals surface area contributed by atoms with Gasteiger partial charge in [-0.1, -0.05) is 12.1 Å². The van der Waals surface area contributed by atoms with Gasteiger partial charge in [-0.3, -0.25) is 15.1 Å². The van der Waals surface area contributed by atoms with Gasteiger partial charge in [0.2, 0.25) is 0 Å². The van der Waals surface area contributed by atoms with Gasteiger partial charge in [0.25, 0.3) is 5.69 Å². The Labute approximate surface area is 170 Å². The maximum atomic E-state index is 10.8. The van der Waals surface area contributed by atoms with E-state index in [1.807, 2.05) is 6.07 Å². The van der Waals surface area contributed by atoms with Crippen molar-refractivity contribution in [3.05, 3.63) is 39.9 Å². The van der Waals surface area contributed by atoms with E-state index in [0.29, 0.717) is 25.7 Å². The Morgan fingerprint density at radius 1 is 1.46 bits per heavy atom. The number of non-ortho nitro benzene ring substituents is 1. The standard InChI is InChI=1S/C17H26N4O4.HI/c1-18-17(19-8-4-9-24-13-16-7-3-10-25-16)20-12-14-5-2-6-15(11-14)21(22)23;/h2,5-6,11,16H,3-4,7-10,12-13H2,1H3,(H2,18,19,20);1H. The van der Waals surface area contributed by atoms with Crippen LogP contribution in [0.3, 0.4) is 0 Å². The highest BCUT2D eigenvalue weighted by Crippen LogP contribution is 2.13. The molecule has 1 atom stereocenters. The van der Waals surface area contributed by atoms with Gasteiger partial charge < -0.3 is 20.1 Å². The summed E-state index contributed by atoms with van der Waals surface area (Å²) in [4.78, 5) is 14.5. The predicted molar refractivity (Wildman–Crippen MR) is 111 cm³/mol. The number of guanidine groups is 1. The molecule has 0 aliphatic carbocycles. The first-order valence-electron chi connectivity index (χ1n) is 8.56. The molecule has 0 saturated carbocycles. The minimum absolute atomic E-state index is 0. The summed E-state index contributed by atoms with van der Waals surface area (Å²) in [7, 11) is 1.69. The van der Waals surface area contributed by atoms with Crippen molar-refractivity contribution in [2.75, 3.05) is 33.4 Å². The number of rotatable bonds is 9. The highest BCUT2D eigenvalue weighted by molar-refractivity contribution is 14.0. The minimum Gasteiger partial charge on any atom is -0.379 e. The van der Waals surface area contributed by atoms with Crippen molar-refractivity contribution < 1.29 is 14.4 Å². The lowest BCUT2D eigenvalue weighted by Gasteiger charge is -2.13. The highest BCUT2D eigenvalue weighted by Gasteiger charge is 2.14. The van der Waals surface area contributed by atoms with E-state index in [-0.39, 0.29) is 35.8 Å². The number of aliphatic imine (C=N–C) groups is 1. The molecule has 146 valence electrons. The van der Waals surface area contributed by atoms with E-state index in [2.05, 4.69) is 15.6 Å². The van der Waals surface area contributed by atoms with Crippen molar-refractivity contribution in [3.63, 3.8) is 0 Å². The van der Waals surface area contributed by atoms with Crippen molar-refractivity contribution in [1.29, 1.82) is 0 Å². The van der Waals surface area contributed by atoms with Crippen molar-refractivity contribution >= 4 is 35.6 Å². The summed E-state index contributed by atoms with van der Waals surface area (Å²) in [5, 5.41) is 17.1. The first kappa shape index (κ1) is 22.6. The van der Waals surface area contributed by atoms with E-state index in [1.54, 1.807) is 19.2 Å². The Bertz CT molecular complexity index is 580. The molecule has 0 spiro atoms. The second kappa shape index (κ2) is 12.8. The molecule has 26 heavy (non-hydrogen) atoms. The average Bonchev–Trinajstić information content (AvgIpc) is 3.14. The summed E-state index contributed by atoms with van der Waals surface area (Å²) in [6, 6.07) is 6.55. The molecule has 1 heterocycles. The van der Waals surface area contributed by atoms with E-state index in [0.717, 1.165) is 38.0 Å². The Morgan fingerprint density at radius 2 is 2.31 bits per heavy atom. The first-order chi connectivity index (χ1) is 12.2. The van der Waals surface area contributed by atoms with E-state index in [4.69, 9.17) is 9.47 Å². The molecule has 1 fully saturated rings. The number of nitrogens with zero attached hydrogens (tertiary/aromatic N) is 2. The molecule has 1 aromatic rings. The number of nitrogens with one attached hydrogen (secondary N) is 2. The van der Waals surface area contributed by atoms with Crippen LogP contribution in [-0.4, -0.2) is 50.4 Å². The van der Waals surface area contributed by atoms with Crippen LogP contribution >= 0.6 is 24.0 Å². The minimum atomic E-state index is -0.396. The van der Waals surface area contributed by atoms with E-state index >= 15 is 0 Å². The third kappa shape index (κ3) is 8.28. The van der Waals surface area contributed by atoms with Crippen LogP contribution in [0.2, 0.25) is 0 Å². The Morgan fingerprint density at radius 3 is 3.00 bits per heavy atom. The molecule has 1 unspecified atom stereocenters. The monoisotopic (exact) mass is 478 g/mol. The number of ether oxygens (including phenoxy) is 2. The molecule has 8 nitrogen and oxygen atoms in total. The Kier molecular flexibility index (Phi) is 11.1.